The largest absolute Gasteiger partial charge is 0.388 e. The van der Waals surface area contributed by atoms with E-state index in [-0.39, 0.29) is 0 Å². The molecule has 1 aromatic carbocycles. The summed E-state index contributed by atoms with van der Waals surface area (Å²) < 4.78 is 0. The minimum Gasteiger partial charge on any atom is -0.388 e. The monoisotopic (exact) mass is 243 g/mol. The Morgan fingerprint density at radius 3 is 2.83 bits per heavy atom. The molecule has 18 heavy (non-hydrogen) atoms. The zero-order valence-electron chi connectivity index (χ0n) is 10.8. The van der Waals surface area contributed by atoms with Crippen LogP contribution in [0, 0.1) is 5.92 Å². The molecule has 96 valence electrons. The van der Waals surface area contributed by atoms with Crippen molar-refractivity contribution in [3.8, 4) is 0 Å². The number of nitrogens with zero attached hydrogens (tertiary/aromatic N) is 1. The molecule has 0 radical (unpaired) electrons. The molecule has 0 spiro atoms. The van der Waals surface area contributed by atoms with Crippen molar-refractivity contribution in [1.82, 2.24) is 4.90 Å². The standard InChI is InChI=1S/C16H21NO/c18-16(8-10-17-9-4-7-15(16)17)14-11-13(14)12-5-2-1-3-6-12/h1-3,5-6,13-15,18H,4,7-11H2. The lowest BCUT2D eigenvalue weighted by atomic mass is 9.86. The summed E-state index contributed by atoms with van der Waals surface area (Å²) in [5.41, 5.74) is 1.03. The molecule has 2 heteroatoms. The quantitative estimate of drug-likeness (QED) is 0.862. The van der Waals surface area contributed by atoms with Crippen molar-refractivity contribution in [2.75, 3.05) is 13.1 Å². The minimum absolute atomic E-state index is 0.392. The van der Waals surface area contributed by atoms with Crippen LogP contribution in [0.1, 0.15) is 37.2 Å². The van der Waals surface area contributed by atoms with Gasteiger partial charge in [-0.3, -0.25) is 4.90 Å². The maximum absolute atomic E-state index is 11.1. The third-order valence-electron chi connectivity index (χ3n) is 5.40. The second-order valence-corrected chi connectivity index (χ2v) is 6.29. The summed E-state index contributed by atoms with van der Waals surface area (Å²) >= 11 is 0. The van der Waals surface area contributed by atoms with Crippen LogP contribution in [0.5, 0.6) is 0 Å². The van der Waals surface area contributed by atoms with E-state index in [0.29, 0.717) is 17.9 Å². The van der Waals surface area contributed by atoms with Gasteiger partial charge in [-0.05, 0) is 49.6 Å². The molecular weight excluding hydrogens is 222 g/mol. The average molecular weight is 243 g/mol. The zero-order chi connectivity index (χ0) is 12.2. The third-order valence-corrected chi connectivity index (χ3v) is 5.40. The highest BCUT2D eigenvalue weighted by Crippen LogP contribution is 2.58. The second kappa shape index (κ2) is 3.82. The molecule has 4 rings (SSSR count). The molecule has 2 saturated heterocycles. The lowest BCUT2D eigenvalue weighted by Crippen LogP contribution is -2.43. The van der Waals surface area contributed by atoms with Crippen molar-refractivity contribution in [3.05, 3.63) is 35.9 Å². The van der Waals surface area contributed by atoms with Crippen LogP contribution < -0.4 is 0 Å². The first kappa shape index (κ1) is 11.0. The van der Waals surface area contributed by atoms with Crippen LogP contribution in [0.25, 0.3) is 0 Å². The van der Waals surface area contributed by atoms with Gasteiger partial charge in [0.2, 0.25) is 0 Å². The van der Waals surface area contributed by atoms with Crippen LogP contribution in [0.15, 0.2) is 30.3 Å². The number of hydrogen-bond acceptors (Lipinski definition) is 2. The van der Waals surface area contributed by atoms with Crippen molar-refractivity contribution < 1.29 is 5.11 Å². The summed E-state index contributed by atoms with van der Waals surface area (Å²) in [6.07, 6.45) is 4.65. The molecule has 1 N–H and O–H groups in total. The van der Waals surface area contributed by atoms with Crippen LogP contribution in [0.2, 0.25) is 0 Å². The summed E-state index contributed by atoms with van der Waals surface area (Å²) in [7, 11) is 0. The Morgan fingerprint density at radius 1 is 1.17 bits per heavy atom. The molecule has 0 aromatic heterocycles. The molecular formula is C16H21NO. The van der Waals surface area contributed by atoms with Gasteiger partial charge in [0.1, 0.15) is 0 Å². The maximum atomic E-state index is 11.1. The number of rotatable bonds is 2. The summed E-state index contributed by atoms with van der Waals surface area (Å²) in [5, 5.41) is 11.1. The fourth-order valence-corrected chi connectivity index (χ4v) is 4.40. The van der Waals surface area contributed by atoms with Crippen molar-refractivity contribution in [1.29, 1.82) is 0 Å². The lowest BCUT2D eigenvalue weighted by molar-refractivity contribution is -0.00890. The fraction of sp³-hybridized carbons (Fsp3) is 0.625. The van der Waals surface area contributed by atoms with Crippen LogP contribution >= 0.6 is 0 Å². The van der Waals surface area contributed by atoms with E-state index in [1.165, 1.54) is 31.4 Å². The van der Waals surface area contributed by atoms with Gasteiger partial charge in [0.05, 0.1) is 5.60 Å². The highest BCUT2D eigenvalue weighted by atomic mass is 16.3. The summed E-state index contributed by atoms with van der Waals surface area (Å²) in [6, 6.07) is 11.2. The predicted octanol–water partition coefficient (Wildman–Crippen LogP) is 2.39. The van der Waals surface area contributed by atoms with Crippen molar-refractivity contribution >= 4 is 0 Å². The van der Waals surface area contributed by atoms with E-state index in [0.717, 1.165) is 13.0 Å². The molecule has 3 fully saturated rings. The molecule has 0 bridgehead atoms. The molecule has 3 aliphatic rings. The average Bonchev–Trinajstić information content (AvgIpc) is 2.96. The van der Waals surface area contributed by atoms with E-state index in [1.807, 2.05) is 0 Å². The number of hydrogen-bond donors (Lipinski definition) is 1. The lowest BCUT2D eigenvalue weighted by Gasteiger charge is -2.30. The Morgan fingerprint density at radius 2 is 2.00 bits per heavy atom. The van der Waals surface area contributed by atoms with Gasteiger partial charge in [0.15, 0.2) is 0 Å². The van der Waals surface area contributed by atoms with Gasteiger partial charge in [-0.25, -0.2) is 0 Å². The molecule has 0 amide bonds. The van der Waals surface area contributed by atoms with Gasteiger partial charge in [0, 0.05) is 12.6 Å². The van der Waals surface area contributed by atoms with Crippen LogP contribution in [-0.4, -0.2) is 34.7 Å². The first-order valence-electron chi connectivity index (χ1n) is 7.30. The first-order valence-corrected chi connectivity index (χ1v) is 7.30. The van der Waals surface area contributed by atoms with Crippen molar-refractivity contribution in [2.24, 2.45) is 5.92 Å². The number of benzene rings is 1. The predicted molar refractivity (Wildman–Crippen MR) is 71.5 cm³/mol. The molecule has 2 nitrogen and oxygen atoms in total. The van der Waals surface area contributed by atoms with E-state index in [2.05, 4.69) is 35.2 Å². The van der Waals surface area contributed by atoms with Crippen molar-refractivity contribution in [3.63, 3.8) is 0 Å². The topological polar surface area (TPSA) is 23.5 Å². The van der Waals surface area contributed by atoms with Crippen LogP contribution in [-0.2, 0) is 0 Å². The highest BCUT2D eigenvalue weighted by molar-refractivity contribution is 5.29. The van der Waals surface area contributed by atoms with Gasteiger partial charge in [-0.2, -0.15) is 0 Å². The van der Waals surface area contributed by atoms with Gasteiger partial charge >= 0.3 is 0 Å². The fourth-order valence-electron chi connectivity index (χ4n) is 4.40. The van der Waals surface area contributed by atoms with E-state index in [9.17, 15) is 5.11 Å². The third kappa shape index (κ3) is 1.49. The van der Waals surface area contributed by atoms with Crippen LogP contribution in [0.3, 0.4) is 0 Å². The van der Waals surface area contributed by atoms with E-state index in [1.54, 1.807) is 0 Å². The summed E-state index contributed by atoms with van der Waals surface area (Å²) in [5.74, 6) is 1.12. The molecule has 2 aliphatic heterocycles. The zero-order valence-corrected chi connectivity index (χ0v) is 10.8. The van der Waals surface area contributed by atoms with Gasteiger partial charge in [-0.15, -0.1) is 0 Å². The van der Waals surface area contributed by atoms with E-state index >= 15 is 0 Å². The number of aliphatic hydroxyl groups is 1. The van der Waals surface area contributed by atoms with E-state index < -0.39 is 5.60 Å². The summed E-state index contributed by atoms with van der Waals surface area (Å²) in [4.78, 5) is 2.51. The Labute approximate surface area is 109 Å². The molecule has 4 unspecified atom stereocenters. The SMILES string of the molecule is OC1(C2CC2c2ccccc2)CCN2CCCC21. The molecule has 1 saturated carbocycles. The van der Waals surface area contributed by atoms with Crippen LogP contribution in [0.4, 0.5) is 0 Å². The van der Waals surface area contributed by atoms with Gasteiger partial charge in [-0.1, -0.05) is 30.3 Å². The molecule has 4 atom stereocenters. The van der Waals surface area contributed by atoms with Gasteiger partial charge in [0.25, 0.3) is 0 Å². The Bertz CT molecular complexity index is 446. The normalized spacial score (nSPS) is 43.1. The first-order chi connectivity index (χ1) is 8.79. The summed E-state index contributed by atoms with van der Waals surface area (Å²) in [6.45, 7) is 2.31. The van der Waals surface area contributed by atoms with E-state index in [4.69, 9.17) is 0 Å². The smallest absolute Gasteiger partial charge is 0.0848 e. The highest BCUT2D eigenvalue weighted by Gasteiger charge is 2.60. The number of fused-ring (bicyclic) bond motifs is 1. The second-order valence-electron chi connectivity index (χ2n) is 6.29. The Balaban J connectivity index is 1.56. The van der Waals surface area contributed by atoms with Gasteiger partial charge < -0.3 is 5.11 Å². The molecule has 1 aliphatic carbocycles. The Kier molecular flexibility index (Phi) is 2.33. The Hall–Kier alpha value is -0.860. The molecule has 2 heterocycles. The minimum atomic E-state index is -0.392. The maximum Gasteiger partial charge on any atom is 0.0848 e. The van der Waals surface area contributed by atoms with Crippen molar-refractivity contribution in [2.45, 2.75) is 43.2 Å². The molecule has 1 aromatic rings.